The van der Waals surface area contributed by atoms with Crippen molar-refractivity contribution in [1.82, 2.24) is 14.5 Å². The molecule has 130 valence electrons. The monoisotopic (exact) mass is 358 g/mol. The molecule has 0 radical (unpaired) electrons. The number of nitrogens with zero attached hydrogens (tertiary/aromatic N) is 4. The predicted octanol–water partition coefficient (Wildman–Crippen LogP) is 1.79. The van der Waals surface area contributed by atoms with Crippen LogP contribution in [0.1, 0.15) is 6.42 Å². The van der Waals surface area contributed by atoms with Crippen molar-refractivity contribution in [3.05, 3.63) is 46.4 Å². The minimum atomic E-state index is -0.414. The van der Waals surface area contributed by atoms with Crippen LogP contribution in [0.2, 0.25) is 0 Å². The molecule has 1 aliphatic rings. The Hall–Kier alpha value is -2.61. The third kappa shape index (κ3) is 3.17. The molecule has 8 heteroatoms. The van der Waals surface area contributed by atoms with Gasteiger partial charge in [0.15, 0.2) is 10.7 Å². The number of benzene rings is 1. The van der Waals surface area contributed by atoms with Gasteiger partial charge in [-0.15, -0.1) is 11.3 Å². The number of thiazole rings is 1. The average molecular weight is 358 g/mol. The number of piperazine rings is 1. The van der Waals surface area contributed by atoms with Crippen LogP contribution in [0.3, 0.4) is 0 Å². The fraction of sp³-hybridized carbons (Fsp3) is 0.353. The Bertz CT molecular complexity index is 923. The van der Waals surface area contributed by atoms with Gasteiger partial charge in [-0.3, -0.25) is 9.36 Å². The summed E-state index contributed by atoms with van der Waals surface area (Å²) in [6.45, 7) is 3.27. The van der Waals surface area contributed by atoms with Crippen LogP contribution in [0.5, 0.6) is 0 Å². The van der Waals surface area contributed by atoms with E-state index in [0.717, 1.165) is 23.7 Å². The molecule has 7 nitrogen and oxygen atoms in total. The number of aryl methyl sites for hydroxylation is 1. The minimum Gasteiger partial charge on any atom is -0.408 e. The molecule has 0 N–H and O–H groups in total. The van der Waals surface area contributed by atoms with Crippen LogP contribution in [-0.4, -0.2) is 46.5 Å². The normalized spacial score (nSPS) is 15.0. The number of oxazole rings is 1. The first kappa shape index (κ1) is 15.9. The largest absolute Gasteiger partial charge is 0.419 e. The van der Waals surface area contributed by atoms with Crippen molar-refractivity contribution in [2.24, 2.45) is 0 Å². The minimum absolute atomic E-state index is 0.0657. The van der Waals surface area contributed by atoms with Crippen LogP contribution in [0.15, 0.2) is 45.1 Å². The van der Waals surface area contributed by atoms with Gasteiger partial charge in [0, 0.05) is 50.7 Å². The molecule has 1 aliphatic heterocycles. The van der Waals surface area contributed by atoms with Crippen LogP contribution in [0, 0.1) is 0 Å². The van der Waals surface area contributed by atoms with Crippen molar-refractivity contribution >= 4 is 33.5 Å². The molecular formula is C17H18N4O3S. The number of anilines is 1. The summed E-state index contributed by atoms with van der Waals surface area (Å²) in [6.07, 6.45) is 2.09. The van der Waals surface area contributed by atoms with E-state index in [4.69, 9.17) is 4.42 Å². The molecule has 2 aromatic heterocycles. The molecule has 0 spiro atoms. The Morgan fingerprint density at radius 2 is 2.00 bits per heavy atom. The molecule has 0 saturated carbocycles. The highest BCUT2D eigenvalue weighted by atomic mass is 32.1. The maximum Gasteiger partial charge on any atom is 0.419 e. The fourth-order valence-electron chi connectivity index (χ4n) is 3.11. The van der Waals surface area contributed by atoms with Crippen molar-refractivity contribution in [3.8, 4) is 0 Å². The molecule has 1 amide bonds. The molecule has 0 aliphatic carbocycles. The standard InChI is InChI=1S/C17H18N4O3S/c22-15(19-8-10-20(11-9-19)16-18-6-12-25-16)5-7-21-13-3-1-2-4-14(13)24-17(21)23/h1-4,6,12H,5,7-11H2. The van der Waals surface area contributed by atoms with E-state index < -0.39 is 5.76 Å². The van der Waals surface area contributed by atoms with Crippen LogP contribution < -0.4 is 10.7 Å². The molecule has 3 heterocycles. The summed E-state index contributed by atoms with van der Waals surface area (Å²) in [5.74, 6) is -0.349. The highest BCUT2D eigenvalue weighted by molar-refractivity contribution is 7.13. The van der Waals surface area contributed by atoms with Gasteiger partial charge in [0.1, 0.15) is 0 Å². The Morgan fingerprint density at radius 1 is 1.20 bits per heavy atom. The molecule has 0 unspecified atom stereocenters. The quantitative estimate of drug-likeness (QED) is 0.711. The summed E-state index contributed by atoms with van der Waals surface area (Å²) in [4.78, 5) is 32.8. The first-order chi connectivity index (χ1) is 12.2. The number of hydrogen-bond acceptors (Lipinski definition) is 6. The Labute approximate surface area is 148 Å². The summed E-state index contributed by atoms with van der Waals surface area (Å²) in [5.41, 5.74) is 1.28. The van der Waals surface area contributed by atoms with E-state index >= 15 is 0 Å². The van der Waals surface area contributed by atoms with Gasteiger partial charge in [-0.1, -0.05) is 12.1 Å². The van der Waals surface area contributed by atoms with E-state index in [2.05, 4.69) is 9.88 Å². The fourth-order valence-corrected chi connectivity index (χ4v) is 3.81. The maximum absolute atomic E-state index is 12.5. The van der Waals surface area contributed by atoms with E-state index in [1.807, 2.05) is 28.5 Å². The molecule has 0 atom stereocenters. The predicted molar refractivity (Wildman–Crippen MR) is 96.0 cm³/mol. The second-order valence-electron chi connectivity index (χ2n) is 5.92. The third-order valence-corrected chi connectivity index (χ3v) is 5.28. The molecule has 3 aromatic rings. The Kier molecular flexibility index (Phi) is 4.27. The number of carbonyl (C=O) groups excluding carboxylic acids is 1. The van der Waals surface area contributed by atoms with Gasteiger partial charge >= 0.3 is 5.76 Å². The van der Waals surface area contributed by atoms with Gasteiger partial charge in [-0.05, 0) is 12.1 Å². The summed E-state index contributed by atoms with van der Waals surface area (Å²) >= 11 is 1.61. The van der Waals surface area contributed by atoms with Gasteiger partial charge < -0.3 is 14.2 Å². The summed E-state index contributed by atoms with van der Waals surface area (Å²) in [5, 5.41) is 2.96. The zero-order valence-electron chi connectivity index (χ0n) is 13.6. The number of carbonyl (C=O) groups is 1. The SMILES string of the molecule is O=C(CCn1c(=O)oc2ccccc21)N1CCN(c2nccs2)CC1. The van der Waals surface area contributed by atoms with Gasteiger partial charge in [-0.25, -0.2) is 9.78 Å². The Morgan fingerprint density at radius 3 is 2.76 bits per heavy atom. The van der Waals surface area contributed by atoms with Crippen LogP contribution >= 0.6 is 11.3 Å². The van der Waals surface area contributed by atoms with E-state index in [0.29, 0.717) is 31.6 Å². The molecular weight excluding hydrogens is 340 g/mol. The lowest BCUT2D eigenvalue weighted by Crippen LogP contribution is -2.49. The first-order valence-corrected chi connectivity index (χ1v) is 9.11. The zero-order chi connectivity index (χ0) is 17.2. The van der Waals surface area contributed by atoms with Crippen molar-refractivity contribution in [2.45, 2.75) is 13.0 Å². The van der Waals surface area contributed by atoms with E-state index in [1.54, 1.807) is 23.6 Å². The van der Waals surface area contributed by atoms with Crippen LogP contribution in [-0.2, 0) is 11.3 Å². The van der Waals surface area contributed by atoms with E-state index in [1.165, 1.54) is 4.57 Å². The lowest BCUT2D eigenvalue weighted by atomic mass is 10.2. The van der Waals surface area contributed by atoms with Crippen molar-refractivity contribution in [2.75, 3.05) is 31.1 Å². The zero-order valence-corrected chi connectivity index (χ0v) is 14.4. The summed E-state index contributed by atoms with van der Waals surface area (Å²) < 4.78 is 6.73. The first-order valence-electron chi connectivity index (χ1n) is 8.23. The molecule has 1 aromatic carbocycles. The van der Waals surface area contributed by atoms with Gasteiger partial charge in [0.25, 0.3) is 0 Å². The molecule has 4 rings (SSSR count). The summed E-state index contributed by atoms with van der Waals surface area (Å²) in [6, 6.07) is 7.26. The van der Waals surface area contributed by atoms with Crippen LogP contribution in [0.25, 0.3) is 11.1 Å². The van der Waals surface area contributed by atoms with Crippen molar-refractivity contribution in [1.29, 1.82) is 0 Å². The number of rotatable bonds is 4. The Balaban J connectivity index is 1.36. The summed E-state index contributed by atoms with van der Waals surface area (Å²) in [7, 11) is 0. The topological polar surface area (TPSA) is 71.6 Å². The molecule has 0 bridgehead atoms. The number of para-hydroxylation sites is 2. The highest BCUT2D eigenvalue weighted by Crippen LogP contribution is 2.19. The van der Waals surface area contributed by atoms with Gasteiger partial charge in [-0.2, -0.15) is 0 Å². The second kappa shape index (κ2) is 6.72. The van der Waals surface area contributed by atoms with Gasteiger partial charge in [0.05, 0.1) is 5.52 Å². The lowest BCUT2D eigenvalue weighted by Gasteiger charge is -2.34. The van der Waals surface area contributed by atoms with Crippen molar-refractivity contribution < 1.29 is 9.21 Å². The van der Waals surface area contributed by atoms with E-state index in [9.17, 15) is 9.59 Å². The second-order valence-corrected chi connectivity index (χ2v) is 6.79. The van der Waals surface area contributed by atoms with Crippen LogP contribution in [0.4, 0.5) is 5.13 Å². The molecule has 1 fully saturated rings. The van der Waals surface area contributed by atoms with E-state index in [-0.39, 0.29) is 5.91 Å². The molecule has 1 saturated heterocycles. The smallest absolute Gasteiger partial charge is 0.408 e. The number of amides is 1. The highest BCUT2D eigenvalue weighted by Gasteiger charge is 2.22. The maximum atomic E-state index is 12.5. The van der Waals surface area contributed by atoms with Gasteiger partial charge in [0.2, 0.25) is 5.91 Å². The van der Waals surface area contributed by atoms with Crippen molar-refractivity contribution in [3.63, 3.8) is 0 Å². The average Bonchev–Trinajstić information content (AvgIpc) is 3.27. The third-order valence-electron chi connectivity index (χ3n) is 4.45. The number of fused-ring (bicyclic) bond motifs is 1. The number of hydrogen-bond donors (Lipinski definition) is 0. The lowest BCUT2D eigenvalue weighted by molar-refractivity contribution is -0.131. The molecule has 25 heavy (non-hydrogen) atoms. The number of aromatic nitrogens is 2.